The zero-order chi connectivity index (χ0) is 13.7. The second-order valence-corrected chi connectivity index (χ2v) is 4.83. The maximum atomic E-state index is 11.9. The van der Waals surface area contributed by atoms with Gasteiger partial charge in [-0.3, -0.25) is 4.79 Å². The van der Waals surface area contributed by atoms with Gasteiger partial charge < -0.3 is 0 Å². The van der Waals surface area contributed by atoms with Gasteiger partial charge in [-0.2, -0.15) is 5.48 Å². The summed E-state index contributed by atoms with van der Waals surface area (Å²) in [4.78, 5) is 11.9. The molecule has 0 saturated carbocycles. The van der Waals surface area contributed by atoms with Crippen LogP contribution < -0.4 is 5.48 Å². The van der Waals surface area contributed by atoms with Crippen LogP contribution in [0.25, 0.3) is 0 Å². The summed E-state index contributed by atoms with van der Waals surface area (Å²) in [5, 5.41) is 0. The largest absolute Gasteiger partial charge is 0.721 e. The minimum Gasteiger partial charge on any atom is -0.267 e. The van der Waals surface area contributed by atoms with Crippen LogP contribution in [0.2, 0.25) is 0 Å². The SMILES string of the molecule is CCO[P+](=O)ONC(=O)c1c(C)cc(C)cc1C. The van der Waals surface area contributed by atoms with Crippen LogP contribution in [-0.2, 0) is 13.7 Å². The minimum atomic E-state index is -2.31. The molecule has 0 heterocycles. The van der Waals surface area contributed by atoms with E-state index >= 15 is 0 Å². The fourth-order valence-corrected chi connectivity index (χ4v) is 2.22. The first-order valence-corrected chi connectivity index (χ1v) is 6.70. The van der Waals surface area contributed by atoms with E-state index in [0.29, 0.717) is 5.56 Å². The maximum Gasteiger partial charge on any atom is 0.721 e. The van der Waals surface area contributed by atoms with Crippen LogP contribution in [0.4, 0.5) is 0 Å². The van der Waals surface area contributed by atoms with Crippen LogP contribution >= 0.6 is 8.25 Å². The maximum absolute atomic E-state index is 11.9. The number of hydrogen-bond acceptors (Lipinski definition) is 4. The van der Waals surface area contributed by atoms with Crippen LogP contribution in [0, 0.1) is 20.8 Å². The predicted molar refractivity (Wildman–Crippen MR) is 68.4 cm³/mol. The molecule has 5 nitrogen and oxygen atoms in total. The molecule has 0 aliphatic rings. The minimum absolute atomic E-state index is 0.258. The molecule has 0 aliphatic carbocycles. The van der Waals surface area contributed by atoms with Crippen molar-refractivity contribution in [1.82, 2.24) is 5.48 Å². The molecule has 0 fully saturated rings. The summed E-state index contributed by atoms with van der Waals surface area (Å²) in [7, 11) is -2.31. The Bertz CT molecular complexity index is 450. The zero-order valence-electron chi connectivity index (χ0n) is 10.9. The number of rotatable bonds is 5. The van der Waals surface area contributed by atoms with E-state index in [9.17, 15) is 9.36 Å². The first kappa shape index (κ1) is 14.8. The highest BCUT2D eigenvalue weighted by Crippen LogP contribution is 2.22. The molecule has 1 N–H and O–H groups in total. The average molecular weight is 270 g/mol. The fourth-order valence-electron chi connectivity index (χ4n) is 1.80. The van der Waals surface area contributed by atoms with E-state index in [0.717, 1.165) is 16.7 Å². The number of carbonyl (C=O) groups is 1. The molecule has 98 valence electrons. The Morgan fingerprint density at radius 1 is 1.28 bits per heavy atom. The summed E-state index contributed by atoms with van der Waals surface area (Å²) < 4.78 is 20.4. The van der Waals surface area contributed by atoms with Gasteiger partial charge in [0.15, 0.2) is 0 Å². The molecule has 6 heteroatoms. The highest BCUT2D eigenvalue weighted by atomic mass is 31.1. The predicted octanol–water partition coefficient (Wildman–Crippen LogP) is 2.97. The third-order valence-corrected chi connectivity index (χ3v) is 3.06. The lowest BCUT2D eigenvalue weighted by atomic mass is 9.99. The summed E-state index contributed by atoms with van der Waals surface area (Å²) in [6.07, 6.45) is 0. The lowest BCUT2D eigenvalue weighted by molar-refractivity contribution is 0.0731. The fraction of sp³-hybridized carbons (Fsp3) is 0.417. The standard InChI is InChI=1S/C12H16NO4P/c1-5-16-18(15)17-13-12(14)11-9(3)6-8(2)7-10(11)4/h6-7H,5H2,1-4H3/p+1. The van der Waals surface area contributed by atoms with Crippen molar-refractivity contribution in [2.75, 3.05) is 6.61 Å². The molecule has 1 amide bonds. The first-order chi connectivity index (χ1) is 8.45. The Morgan fingerprint density at radius 2 is 1.83 bits per heavy atom. The van der Waals surface area contributed by atoms with Gasteiger partial charge in [0.05, 0.1) is 0 Å². The van der Waals surface area contributed by atoms with Gasteiger partial charge in [-0.25, -0.2) is 0 Å². The Hall–Kier alpha value is -1.29. The van der Waals surface area contributed by atoms with Crippen molar-refractivity contribution < 1.29 is 18.5 Å². The Balaban J connectivity index is 2.76. The van der Waals surface area contributed by atoms with Crippen molar-refractivity contribution in [2.45, 2.75) is 27.7 Å². The molecule has 0 bridgehead atoms. The molecule has 0 radical (unpaired) electrons. The van der Waals surface area contributed by atoms with Gasteiger partial charge in [-0.1, -0.05) is 17.7 Å². The highest BCUT2D eigenvalue weighted by Gasteiger charge is 2.23. The Kier molecular flexibility index (Phi) is 5.41. The Labute approximate surface area is 107 Å². The van der Waals surface area contributed by atoms with Gasteiger partial charge in [0, 0.05) is 14.8 Å². The summed E-state index contributed by atoms with van der Waals surface area (Å²) in [6, 6.07) is 3.81. The summed E-state index contributed by atoms with van der Waals surface area (Å²) >= 11 is 0. The number of aryl methyl sites for hydroxylation is 3. The molecule has 1 rings (SSSR count). The Morgan fingerprint density at radius 3 is 2.33 bits per heavy atom. The molecule has 0 aromatic heterocycles. The average Bonchev–Trinajstić information content (AvgIpc) is 2.25. The van der Waals surface area contributed by atoms with Crippen molar-refractivity contribution in [2.24, 2.45) is 0 Å². The normalized spacial score (nSPS) is 11.2. The zero-order valence-corrected chi connectivity index (χ0v) is 11.8. The van der Waals surface area contributed by atoms with E-state index < -0.39 is 14.2 Å². The van der Waals surface area contributed by atoms with E-state index in [1.54, 1.807) is 6.92 Å². The van der Waals surface area contributed by atoms with Gasteiger partial charge in [-0.05, 0) is 38.8 Å². The lowest BCUT2D eigenvalue weighted by Gasteiger charge is -2.08. The molecule has 18 heavy (non-hydrogen) atoms. The molecule has 1 unspecified atom stereocenters. The first-order valence-electron chi connectivity index (χ1n) is 5.61. The second-order valence-electron chi connectivity index (χ2n) is 3.94. The van der Waals surface area contributed by atoms with Crippen molar-refractivity contribution in [3.63, 3.8) is 0 Å². The third-order valence-electron chi connectivity index (χ3n) is 2.35. The molecule has 1 aromatic carbocycles. The van der Waals surface area contributed by atoms with E-state index in [-0.39, 0.29) is 6.61 Å². The van der Waals surface area contributed by atoms with Crippen LogP contribution in [0.1, 0.15) is 34.0 Å². The van der Waals surface area contributed by atoms with Gasteiger partial charge in [-0.15, -0.1) is 4.52 Å². The van der Waals surface area contributed by atoms with Gasteiger partial charge in [0.25, 0.3) is 5.91 Å². The number of amides is 1. The van der Waals surface area contributed by atoms with E-state index in [2.05, 4.69) is 14.6 Å². The van der Waals surface area contributed by atoms with Gasteiger partial charge in [0.2, 0.25) is 0 Å². The topological polar surface area (TPSA) is 64.6 Å². The molecule has 1 aromatic rings. The van der Waals surface area contributed by atoms with Crippen molar-refractivity contribution in [3.05, 3.63) is 34.4 Å². The number of carbonyl (C=O) groups excluding carboxylic acids is 1. The van der Waals surface area contributed by atoms with Crippen LogP contribution in [0.5, 0.6) is 0 Å². The van der Waals surface area contributed by atoms with Crippen molar-refractivity contribution in [1.29, 1.82) is 0 Å². The van der Waals surface area contributed by atoms with Gasteiger partial charge in [0.1, 0.15) is 6.61 Å². The molecular formula is C12H17NO4P+. The van der Waals surface area contributed by atoms with Crippen LogP contribution in [0.15, 0.2) is 12.1 Å². The molecule has 0 spiro atoms. The van der Waals surface area contributed by atoms with E-state index in [1.165, 1.54) is 0 Å². The summed E-state index contributed by atoms with van der Waals surface area (Å²) in [5.74, 6) is -0.423. The number of hydroxylamine groups is 1. The van der Waals surface area contributed by atoms with E-state index in [1.807, 2.05) is 32.9 Å². The van der Waals surface area contributed by atoms with E-state index in [4.69, 9.17) is 0 Å². The van der Waals surface area contributed by atoms with Crippen LogP contribution in [0.3, 0.4) is 0 Å². The highest BCUT2D eigenvalue weighted by molar-refractivity contribution is 7.33. The molecule has 0 saturated heterocycles. The monoisotopic (exact) mass is 270 g/mol. The number of benzene rings is 1. The smallest absolute Gasteiger partial charge is 0.267 e. The van der Waals surface area contributed by atoms with Crippen molar-refractivity contribution in [3.8, 4) is 0 Å². The summed E-state index contributed by atoms with van der Waals surface area (Å²) in [5.41, 5.74) is 5.45. The van der Waals surface area contributed by atoms with Crippen molar-refractivity contribution >= 4 is 14.2 Å². The summed E-state index contributed by atoms with van der Waals surface area (Å²) in [6.45, 7) is 7.60. The van der Waals surface area contributed by atoms with Crippen LogP contribution in [-0.4, -0.2) is 12.5 Å². The molecule has 1 atom stereocenters. The molecular weight excluding hydrogens is 253 g/mol. The lowest BCUT2D eigenvalue weighted by Crippen LogP contribution is -2.23. The van der Waals surface area contributed by atoms with Gasteiger partial charge >= 0.3 is 8.25 Å². The second kappa shape index (κ2) is 6.59. The molecule has 0 aliphatic heterocycles. The third kappa shape index (κ3) is 3.88. The number of nitrogens with one attached hydrogen (secondary N) is 1. The quantitative estimate of drug-likeness (QED) is 0.660. The number of hydrogen-bond donors (Lipinski definition) is 1.